The lowest BCUT2D eigenvalue weighted by Crippen LogP contribution is -2.56. The molecule has 0 heterocycles. The number of rotatable bonds is 6. The highest BCUT2D eigenvalue weighted by atomic mass is 16.4. The average molecular weight is 216 g/mol. The zero-order valence-electron chi connectivity index (χ0n) is 9.54. The lowest BCUT2D eigenvalue weighted by molar-refractivity contribution is -0.142. The maximum Gasteiger partial charge on any atom is 0.326 e. The van der Waals surface area contributed by atoms with E-state index in [1.54, 1.807) is 6.92 Å². The molecule has 15 heavy (non-hydrogen) atoms. The third-order valence-electron chi connectivity index (χ3n) is 2.73. The Kier molecular flexibility index (Phi) is 5.28. The Labute approximate surface area is 90.0 Å². The number of nitrogens with two attached hydrogens (primary N) is 1. The van der Waals surface area contributed by atoms with Crippen molar-refractivity contribution in [3.8, 4) is 0 Å². The van der Waals surface area contributed by atoms with Crippen LogP contribution in [0.3, 0.4) is 0 Å². The summed E-state index contributed by atoms with van der Waals surface area (Å²) in [4.78, 5) is 22.4. The molecule has 4 N–H and O–H groups in total. The second kappa shape index (κ2) is 5.70. The molecule has 0 aliphatic heterocycles. The van der Waals surface area contributed by atoms with Crippen molar-refractivity contribution in [2.24, 2.45) is 5.73 Å². The van der Waals surface area contributed by atoms with E-state index in [1.165, 1.54) is 0 Å². The highest BCUT2D eigenvalue weighted by Crippen LogP contribution is 2.11. The van der Waals surface area contributed by atoms with E-state index >= 15 is 0 Å². The van der Waals surface area contributed by atoms with Crippen LogP contribution < -0.4 is 11.1 Å². The lowest BCUT2D eigenvalue weighted by atomic mass is 9.93. The molecule has 0 aromatic heterocycles. The zero-order chi connectivity index (χ0) is 12.1. The summed E-state index contributed by atoms with van der Waals surface area (Å²) in [6.45, 7) is 5.32. The lowest BCUT2D eigenvalue weighted by Gasteiger charge is -2.26. The van der Waals surface area contributed by atoms with Crippen LogP contribution in [0.5, 0.6) is 0 Å². The topological polar surface area (TPSA) is 92.4 Å². The predicted molar refractivity (Wildman–Crippen MR) is 57.4 cm³/mol. The van der Waals surface area contributed by atoms with Gasteiger partial charge < -0.3 is 16.2 Å². The van der Waals surface area contributed by atoms with Gasteiger partial charge in [-0.15, -0.1) is 0 Å². The molecule has 5 heteroatoms. The van der Waals surface area contributed by atoms with Crippen LogP contribution in [0, 0.1) is 0 Å². The molecule has 88 valence electrons. The number of amides is 1. The van der Waals surface area contributed by atoms with Crippen LogP contribution in [0.15, 0.2) is 0 Å². The first-order valence-corrected chi connectivity index (χ1v) is 5.23. The minimum Gasteiger partial charge on any atom is -0.480 e. The SMILES string of the molecule is CC[C@@H](NC(=O)C(N)(CC)CC)C(=O)O. The number of carboxylic acid groups (broad SMARTS) is 1. The van der Waals surface area contributed by atoms with Gasteiger partial charge in [-0.3, -0.25) is 4.79 Å². The second-order valence-electron chi connectivity index (χ2n) is 3.64. The van der Waals surface area contributed by atoms with Crippen LogP contribution in [0.1, 0.15) is 40.0 Å². The van der Waals surface area contributed by atoms with Gasteiger partial charge in [0.2, 0.25) is 5.91 Å². The summed E-state index contributed by atoms with van der Waals surface area (Å²) in [5.74, 6) is -1.41. The molecule has 1 atom stereocenters. The first-order valence-electron chi connectivity index (χ1n) is 5.23. The number of hydrogen-bond acceptors (Lipinski definition) is 3. The maximum absolute atomic E-state index is 11.7. The molecular formula is C10H20N2O3. The fraction of sp³-hybridized carbons (Fsp3) is 0.800. The van der Waals surface area contributed by atoms with Gasteiger partial charge in [0.05, 0.1) is 5.54 Å². The van der Waals surface area contributed by atoms with Gasteiger partial charge in [-0.1, -0.05) is 20.8 Å². The first kappa shape index (κ1) is 13.9. The van der Waals surface area contributed by atoms with Gasteiger partial charge in [0.25, 0.3) is 0 Å². The Hall–Kier alpha value is -1.10. The standard InChI is InChI=1S/C10H20N2O3/c1-4-7(8(13)14)12-9(15)10(11,5-2)6-3/h7H,4-6,11H2,1-3H3,(H,12,15)(H,13,14)/t7-/m1/s1. The van der Waals surface area contributed by atoms with Crippen molar-refractivity contribution in [2.45, 2.75) is 51.6 Å². The van der Waals surface area contributed by atoms with Gasteiger partial charge >= 0.3 is 5.97 Å². The largest absolute Gasteiger partial charge is 0.480 e. The van der Waals surface area contributed by atoms with Gasteiger partial charge in [-0.05, 0) is 19.3 Å². The van der Waals surface area contributed by atoms with Gasteiger partial charge in [-0.25, -0.2) is 4.79 Å². The van der Waals surface area contributed by atoms with Crippen LogP contribution in [-0.2, 0) is 9.59 Å². The minimum absolute atomic E-state index is 0.352. The minimum atomic E-state index is -1.03. The van der Waals surface area contributed by atoms with Crippen molar-refractivity contribution in [1.82, 2.24) is 5.32 Å². The monoisotopic (exact) mass is 216 g/mol. The fourth-order valence-electron chi connectivity index (χ4n) is 1.21. The smallest absolute Gasteiger partial charge is 0.326 e. The van der Waals surface area contributed by atoms with Gasteiger partial charge in [0.1, 0.15) is 6.04 Å². The molecule has 0 saturated carbocycles. The third kappa shape index (κ3) is 3.51. The molecule has 0 saturated heterocycles. The number of hydrogen-bond donors (Lipinski definition) is 3. The van der Waals surface area contributed by atoms with Crippen molar-refractivity contribution in [1.29, 1.82) is 0 Å². The Morgan fingerprint density at radius 2 is 1.80 bits per heavy atom. The Balaban J connectivity index is 4.52. The van der Waals surface area contributed by atoms with Crippen LogP contribution in [-0.4, -0.2) is 28.6 Å². The number of carbonyl (C=O) groups is 2. The van der Waals surface area contributed by atoms with E-state index in [9.17, 15) is 9.59 Å². The van der Waals surface area contributed by atoms with Crippen molar-refractivity contribution < 1.29 is 14.7 Å². The Bertz CT molecular complexity index is 237. The molecule has 0 aliphatic rings. The van der Waals surface area contributed by atoms with Crippen LogP contribution >= 0.6 is 0 Å². The summed E-state index contributed by atoms with van der Waals surface area (Å²) < 4.78 is 0. The molecule has 0 aromatic rings. The predicted octanol–water partition coefficient (Wildman–Crippen LogP) is 0.483. The molecule has 0 unspecified atom stereocenters. The van der Waals surface area contributed by atoms with Crippen LogP contribution in [0.4, 0.5) is 0 Å². The highest BCUT2D eigenvalue weighted by molar-refractivity contribution is 5.89. The maximum atomic E-state index is 11.7. The van der Waals surface area contributed by atoms with E-state index in [-0.39, 0.29) is 5.91 Å². The summed E-state index contributed by atoms with van der Waals surface area (Å²) in [7, 11) is 0. The Morgan fingerprint density at radius 3 is 2.07 bits per heavy atom. The molecule has 0 bridgehead atoms. The number of carbonyl (C=O) groups excluding carboxylic acids is 1. The van der Waals surface area contributed by atoms with Crippen molar-refractivity contribution in [3.63, 3.8) is 0 Å². The van der Waals surface area contributed by atoms with E-state index in [4.69, 9.17) is 10.8 Å². The number of nitrogens with one attached hydrogen (secondary N) is 1. The number of carboxylic acids is 1. The normalized spacial score (nSPS) is 13.3. The van der Waals surface area contributed by atoms with Crippen molar-refractivity contribution >= 4 is 11.9 Å². The van der Waals surface area contributed by atoms with E-state index in [0.717, 1.165) is 0 Å². The highest BCUT2D eigenvalue weighted by Gasteiger charge is 2.32. The van der Waals surface area contributed by atoms with Gasteiger partial charge in [0, 0.05) is 0 Å². The second-order valence-corrected chi connectivity index (χ2v) is 3.64. The summed E-state index contributed by atoms with van der Waals surface area (Å²) in [5, 5.41) is 11.2. The molecule has 0 spiro atoms. The van der Waals surface area contributed by atoms with E-state index < -0.39 is 17.6 Å². The summed E-state index contributed by atoms with van der Waals surface area (Å²) in [6.07, 6.45) is 1.33. The quantitative estimate of drug-likeness (QED) is 0.602. The van der Waals surface area contributed by atoms with Gasteiger partial charge in [-0.2, -0.15) is 0 Å². The summed E-state index contributed by atoms with van der Waals surface area (Å²) >= 11 is 0. The summed E-state index contributed by atoms with van der Waals surface area (Å²) in [6, 6.07) is -0.849. The van der Waals surface area contributed by atoms with Crippen LogP contribution in [0.25, 0.3) is 0 Å². The first-order chi connectivity index (χ1) is 6.91. The third-order valence-corrected chi connectivity index (χ3v) is 2.73. The van der Waals surface area contributed by atoms with E-state index in [2.05, 4.69) is 5.32 Å². The van der Waals surface area contributed by atoms with Crippen molar-refractivity contribution in [3.05, 3.63) is 0 Å². The Morgan fingerprint density at radius 1 is 1.33 bits per heavy atom. The van der Waals surface area contributed by atoms with Crippen molar-refractivity contribution in [2.75, 3.05) is 0 Å². The number of aliphatic carboxylic acids is 1. The molecule has 0 aromatic carbocycles. The average Bonchev–Trinajstić information content (AvgIpc) is 2.23. The molecule has 5 nitrogen and oxygen atoms in total. The van der Waals surface area contributed by atoms with Gasteiger partial charge in [0.15, 0.2) is 0 Å². The molecule has 0 rings (SSSR count). The van der Waals surface area contributed by atoms with E-state index in [0.29, 0.717) is 19.3 Å². The van der Waals surface area contributed by atoms with Crippen LogP contribution in [0.2, 0.25) is 0 Å². The fourth-order valence-corrected chi connectivity index (χ4v) is 1.21. The summed E-state index contributed by atoms with van der Waals surface area (Å²) in [5.41, 5.74) is 4.88. The zero-order valence-corrected chi connectivity index (χ0v) is 9.54. The molecule has 0 aliphatic carbocycles. The van der Waals surface area contributed by atoms with E-state index in [1.807, 2.05) is 13.8 Å². The molecule has 1 amide bonds. The molecular weight excluding hydrogens is 196 g/mol. The molecule has 0 fully saturated rings. The molecule has 0 radical (unpaired) electrons.